The second kappa shape index (κ2) is 4.78. The molecule has 0 aromatic rings. The quantitative estimate of drug-likeness (QED) is 0.503. The molecule has 0 radical (unpaired) electrons. The lowest BCUT2D eigenvalue weighted by Crippen LogP contribution is -2.52. The standard InChI is InChI=1S/C21H32/c1-4-15-9-11-18-17-10-8-16-7-5-6-13-20(16,2)19(17)12-14-21(15,18)3/h1,15-19H,5-14H2,2-3H3/t15?,16?,17-,18-,19-,20-,21+/m0/s1. The predicted octanol–water partition coefficient (Wildman–Crippen LogP) is 5.67. The monoisotopic (exact) mass is 284 g/mol. The summed E-state index contributed by atoms with van der Waals surface area (Å²) >= 11 is 0. The fourth-order valence-electron chi connectivity index (χ4n) is 7.57. The van der Waals surface area contributed by atoms with Crippen LogP contribution in [0.25, 0.3) is 0 Å². The van der Waals surface area contributed by atoms with E-state index in [0.29, 0.717) is 16.7 Å². The summed E-state index contributed by atoms with van der Waals surface area (Å²) < 4.78 is 0. The van der Waals surface area contributed by atoms with Crippen molar-refractivity contribution in [3.8, 4) is 12.3 Å². The molecule has 0 aromatic heterocycles. The van der Waals surface area contributed by atoms with Crippen molar-refractivity contribution >= 4 is 0 Å². The zero-order valence-corrected chi connectivity index (χ0v) is 14.0. The van der Waals surface area contributed by atoms with Gasteiger partial charge >= 0.3 is 0 Å². The number of hydrogen-bond donors (Lipinski definition) is 0. The minimum absolute atomic E-state index is 0.480. The SMILES string of the molecule is C#CC1CC[C@H]2[C@@H]3CCC4CCCC[C@]4(C)[C@H]3CC[C@]12C. The van der Waals surface area contributed by atoms with Crippen molar-refractivity contribution in [3.63, 3.8) is 0 Å². The van der Waals surface area contributed by atoms with Gasteiger partial charge in [0.05, 0.1) is 0 Å². The van der Waals surface area contributed by atoms with Crippen LogP contribution in [0.3, 0.4) is 0 Å². The molecule has 0 N–H and O–H groups in total. The molecule has 0 aliphatic heterocycles. The largest absolute Gasteiger partial charge is 0.120 e. The highest BCUT2D eigenvalue weighted by atomic mass is 14.6. The van der Waals surface area contributed by atoms with E-state index in [9.17, 15) is 0 Å². The lowest BCUT2D eigenvalue weighted by atomic mass is 9.45. The van der Waals surface area contributed by atoms with Crippen LogP contribution in [0.4, 0.5) is 0 Å². The second-order valence-electron chi connectivity index (χ2n) is 9.24. The molecule has 4 aliphatic rings. The average Bonchev–Trinajstić information content (AvgIpc) is 2.83. The van der Waals surface area contributed by atoms with E-state index in [2.05, 4.69) is 19.8 Å². The second-order valence-corrected chi connectivity index (χ2v) is 9.24. The third-order valence-electron chi connectivity index (χ3n) is 8.78. The molecule has 0 aromatic carbocycles. The van der Waals surface area contributed by atoms with Gasteiger partial charge in [-0.1, -0.05) is 26.7 Å². The fraction of sp³-hybridized carbons (Fsp3) is 0.905. The van der Waals surface area contributed by atoms with Crippen molar-refractivity contribution in [1.82, 2.24) is 0 Å². The molecule has 7 atom stereocenters. The van der Waals surface area contributed by atoms with Gasteiger partial charge in [0.25, 0.3) is 0 Å². The predicted molar refractivity (Wildman–Crippen MR) is 88.7 cm³/mol. The number of fused-ring (bicyclic) bond motifs is 5. The molecule has 4 rings (SSSR count). The summed E-state index contributed by atoms with van der Waals surface area (Å²) in [5.74, 6) is 7.74. The van der Waals surface area contributed by atoms with Gasteiger partial charge in [-0.25, -0.2) is 0 Å². The normalized spacial score (nSPS) is 56.0. The lowest BCUT2D eigenvalue weighted by Gasteiger charge is -2.60. The molecular weight excluding hydrogens is 252 g/mol. The molecule has 0 amide bonds. The minimum atomic E-state index is 0.480. The van der Waals surface area contributed by atoms with E-state index in [1.165, 1.54) is 64.2 Å². The molecule has 2 unspecified atom stereocenters. The summed E-state index contributed by atoms with van der Waals surface area (Å²) in [4.78, 5) is 0. The van der Waals surface area contributed by atoms with Crippen molar-refractivity contribution in [2.45, 2.75) is 78.1 Å². The van der Waals surface area contributed by atoms with Crippen LogP contribution in [0.5, 0.6) is 0 Å². The zero-order chi connectivity index (χ0) is 14.7. The van der Waals surface area contributed by atoms with Crippen molar-refractivity contribution < 1.29 is 0 Å². The van der Waals surface area contributed by atoms with Crippen molar-refractivity contribution in [3.05, 3.63) is 0 Å². The third-order valence-corrected chi connectivity index (χ3v) is 8.78. The summed E-state index contributed by atoms with van der Waals surface area (Å²) in [7, 11) is 0. The van der Waals surface area contributed by atoms with Crippen molar-refractivity contribution in [2.24, 2.45) is 40.4 Å². The van der Waals surface area contributed by atoms with Gasteiger partial charge in [0.2, 0.25) is 0 Å². The lowest BCUT2D eigenvalue weighted by molar-refractivity contribution is -0.107. The Hall–Kier alpha value is -0.440. The first-order valence-corrected chi connectivity index (χ1v) is 9.56. The van der Waals surface area contributed by atoms with E-state index in [0.717, 1.165) is 23.7 Å². The molecule has 0 saturated heterocycles. The van der Waals surface area contributed by atoms with Crippen molar-refractivity contribution in [2.75, 3.05) is 0 Å². The van der Waals surface area contributed by atoms with Gasteiger partial charge in [0, 0.05) is 5.92 Å². The summed E-state index contributed by atoms with van der Waals surface area (Å²) in [6, 6.07) is 0. The Bertz CT molecular complexity index is 457. The maximum Gasteiger partial charge on any atom is 0.0256 e. The Morgan fingerprint density at radius 2 is 1.62 bits per heavy atom. The summed E-state index contributed by atoms with van der Waals surface area (Å²) in [6.07, 6.45) is 20.6. The molecular formula is C21H32. The summed E-state index contributed by atoms with van der Waals surface area (Å²) in [6.45, 7) is 5.21. The number of hydrogen-bond acceptors (Lipinski definition) is 0. The Balaban J connectivity index is 1.64. The molecule has 4 saturated carbocycles. The Labute approximate surface area is 131 Å². The molecule has 0 heterocycles. The van der Waals surface area contributed by atoms with Crippen LogP contribution in [0.15, 0.2) is 0 Å². The maximum absolute atomic E-state index is 5.88. The first-order chi connectivity index (χ1) is 10.1. The first-order valence-electron chi connectivity index (χ1n) is 9.56. The van der Waals surface area contributed by atoms with Crippen LogP contribution in [0.1, 0.15) is 78.1 Å². The summed E-state index contributed by atoms with van der Waals surface area (Å²) in [5, 5.41) is 0. The van der Waals surface area contributed by atoms with E-state index in [4.69, 9.17) is 6.42 Å². The van der Waals surface area contributed by atoms with Gasteiger partial charge in [0.1, 0.15) is 0 Å². The van der Waals surface area contributed by atoms with E-state index < -0.39 is 0 Å². The van der Waals surface area contributed by atoms with E-state index in [1.54, 1.807) is 0 Å². The first kappa shape index (κ1) is 14.2. The molecule has 0 heteroatoms. The van der Waals surface area contributed by atoms with E-state index in [-0.39, 0.29) is 0 Å². The number of rotatable bonds is 0. The van der Waals surface area contributed by atoms with Gasteiger partial charge in [-0.3, -0.25) is 0 Å². The van der Waals surface area contributed by atoms with Gasteiger partial charge in [-0.05, 0) is 85.9 Å². The topological polar surface area (TPSA) is 0 Å². The highest BCUT2D eigenvalue weighted by Gasteiger charge is 2.59. The average molecular weight is 284 g/mol. The molecule has 0 bridgehead atoms. The van der Waals surface area contributed by atoms with Crippen LogP contribution in [-0.4, -0.2) is 0 Å². The molecule has 4 fully saturated rings. The third kappa shape index (κ3) is 1.82. The Morgan fingerprint density at radius 1 is 0.810 bits per heavy atom. The Kier molecular flexibility index (Phi) is 3.22. The van der Waals surface area contributed by atoms with Gasteiger partial charge in [-0.2, -0.15) is 0 Å². The molecule has 116 valence electrons. The van der Waals surface area contributed by atoms with Crippen LogP contribution < -0.4 is 0 Å². The number of terminal acetylenes is 1. The molecule has 21 heavy (non-hydrogen) atoms. The van der Waals surface area contributed by atoms with E-state index in [1.807, 2.05) is 0 Å². The van der Waals surface area contributed by atoms with Crippen LogP contribution in [0.2, 0.25) is 0 Å². The minimum Gasteiger partial charge on any atom is -0.120 e. The summed E-state index contributed by atoms with van der Waals surface area (Å²) in [5.41, 5.74) is 1.16. The smallest absolute Gasteiger partial charge is 0.0256 e. The Morgan fingerprint density at radius 3 is 2.43 bits per heavy atom. The van der Waals surface area contributed by atoms with Crippen LogP contribution in [-0.2, 0) is 0 Å². The van der Waals surface area contributed by atoms with Gasteiger partial charge in [-0.15, -0.1) is 12.3 Å². The van der Waals surface area contributed by atoms with Gasteiger partial charge < -0.3 is 0 Å². The van der Waals surface area contributed by atoms with E-state index >= 15 is 0 Å². The van der Waals surface area contributed by atoms with Crippen LogP contribution >= 0.6 is 0 Å². The fourth-order valence-corrected chi connectivity index (χ4v) is 7.57. The maximum atomic E-state index is 5.88. The molecule has 0 spiro atoms. The van der Waals surface area contributed by atoms with Crippen LogP contribution in [0, 0.1) is 52.8 Å². The molecule has 0 nitrogen and oxygen atoms in total. The van der Waals surface area contributed by atoms with Gasteiger partial charge in [0.15, 0.2) is 0 Å². The zero-order valence-electron chi connectivity index (χ0n) is 14.0. The molecule has 4 aliphatic carbocycles. The van der Waals surface area contributed by atoms with Crippen molar-refractivity contribution in [1.29, 1.82) is 0 Å². The highest BCUT2D eigenvalue weighted by Crippen LogP contribution is 2.67. The highest BCUT2D eigenvalue weighted by molar-refractivity contribution is 5.14.